The van der Waals surface area contributed by atoms with E-state index in [1.165, 1.54) is 11.0 Å². The Kier molecular flexibility index (Phi) is 9.10. The lowest BCUT2D eigenvalue weighted by Gasteiger charge is -2.35. The van der Waals surface area contributed by atoms with Gasteiger partial charge in [0.05, 0.1) is 12.1 Å². The number of hydrogen-bond donors (Lipinski definition) is 3. The molecule has 1 aliphatic heterocycles. The van der Waals surface area contributed by atoms with Gasteiger partial charge in [-0.3, -0.25) is 9.59 Å². The highest BCUT2D eigenvalue weighted by Crippen LogP contribution is 2.45. The number of nitrogens with zero attached hydrogens (tertiary/aromatic N) is 3. The van der Waals surface area contributed by atoms with Crippen LogP contribution in [0.3, 0.4) is 0 Å². The van der Waals surface area contributed by atoms with Gasteiger partial charge in [-0.25, -0.2) is 14.6 Å². The Morgan fingerprint density at radius 1 is 1.16 bits per heavy atom. The van der Waals surface area contributed by atoms with Crippen molar-refractivity contribution in [3.8, 4) is 5.75 Å². The highest BCUT2D eigenvalue weighted by Gasteiger charge is 2.61. The molecule has 12 nitrogen and oxygen atoms in total. The van der Waals surface area contributed by atoms with Crippen LogP contribution in [0.1, 0.15) is 54.4 Å². The van der Waals surface area contributed by atoms with Crippen LogP contribution in [-0.2, 0) is 19.1 Å². The summed E-state index contributed by atoms with van der Waals surface area (Å²) in [6.07, 6.45) is 0.431. The molecular formula is C33H45N5O7. The first-order valence-electron chi connectivity index (χ1n) is 15.1. The number of aliphatic carboxylic acids is 1. The summed E-state index contributed by atoms with van der Waals surface area (Å²) in [6.45, 7) is 14.3. The number of hydrogen-bond acceptors (Lipinski definition) is 8. The van der Waals surface area contributed by atoms with Gasteiger partial charge in [-0.1, -0.05) is 39.0 Å². The number of carboxylic acids is 1. The molecule has 2 fully saturated rings. The number of amides is 3. The average molecular weight is 624 g/mol. The highest BCUT2D eigenvalue weighted by atomic mass is 16.6. The zero-order valence-electron chi connectivity index (χ0n) is 27.3. The summed E-state index contributed by atoms with van der Waals surface area (Å²) in [4.78, 5) is 61.0. The third-order valence-electron chi connectivity index (χ3n) is 8.07. The smallest absolute Gasteiger partial charge is 0.408 e. The molecule has 0 radical (unpaired) electrons. The fourth-order valence-electron chi connectivity index (χ4n) is 5.57. The summed E-state index contributed by atoms with van der Waals surface area (Å²) in [5.74, 6) is -1.50. The van der Waals surface area contributed by atoms with Crippen molar-refractivity contribution >= 4 is 40.6 Å². The van der Waals surface area contributed by atoms with E-state index in [0.29, 0.717) is 11.6 Å². The number of benzene rings is 1. The van der Waals surface area contributed by atoms with Crippen LogP contribution in [0.2, 0.25) is 0 Å². The maximum absolute atomic E-state index is 14.3. The molecule has 12 heteroatoms. The number of aromatic nitrogens is 1. The number of carbonyl (C=O) groups excluding carboxylic acids is 3. The number of anilines is 1. The van der Waals surface area contributed by atoms with Crippen LogP contribution in [0.15, 0.2) is 43.0 Å². The second kappa shape index (κ2) is 12.2. The number of alkyl carbamates (subject to hydrolysis) is 1. The lowest BCUT2D eigenvalue weighted by Crippen LogP contribution is -2.59. The van der Waals surface area contributed by atoms with Gasteiger partial charge >= 0.3 is 12.1 Å². The number of nitrogens with one attached hydrogen (secondary N) is 2. The maximum Gasteiger partial charge on any atom is 0.408 e. The van der Waals surface area contributed by atoms with Crippen LogP contribution in [-0.4, -0.2) is 88.8 Å². The number of carboxylic acid groups (broad SMARTS) is 1. The molecule has 244 valence electrons. The third kappa shape index (κ3) is 7.32. The van der Waals surface area contributed by atoms with Gasteiger partial charge in [-0.05, 0) is 44.7 Å². The van der Waals surface area contributed by atoms with Crippen LogP contribution in [0.25, 0.3) is 10.9 Å². The van der Waals surface area contributed by atoms with Gasteiger partial charge in [0.2, 0.25) is 11.8 Å². The quantitative estimate of drug-likeness (QED) is 0.355. The molecule has 1 saturated heterocycles. The summed E-state index contributed by atoms with van der Waals surface area (Å²) in [6, 6.07) is 7.21. The third-order valence-corrected chi connectivity index (χ3v) is 8.07. The summed E-state index contributed by atoms with van der Waals surface area (Å²) >= 11 is 0. The maximum atomic E-state index is 14.3. The Morgan fingerprint density at radius 3 is 2.38 bits per heavy atom. The van der Waals surface area contributed by atoms with Gasteiger partial charge < -0.3 is 35.0 Å². The Balaban J connectivity index is 1.68. The molecule has 3 N–H and O–H groups in total. The van der Waals surface area contributed by atoms with Crippen LogP contribution in [0, 0.1) is 11.3 Å². The molecule has 2 aliphatic rings. The molecule has 1 unspecified atom stereocenters. The Hall–Kier alpha value is -4.35. The van der Waals surface area contributed by atoms with Gasteiger partial charge in [0, 0.05) is 37.9 Å². The van der Waals surface area contributed by atoms with Crippen molar-refractivity contribution in [2.45, 2.75) is 83.7 Å². The topological polar surface area (TPSA) is 150 Å². The number of para-hydroxylation sites is 1. The molecule has 0 spiro atoms. The monoisotopic (exact) mass is 623 g/mol. The van der Waals surface area contributed by atoms with E-state index in [-0.39, 0.29) is 19.4 Å². The normalized spacial score (nSPS) is 23.6. The van der Waals surface area contributed by atoms with E-state index < -0.39 is 64.5 Å². The average Bonchev–Trinajstić information content (AvgIpc) is 3.49. The van der Waals surface area contributed by atoms with Crippen molar-refractivity contribution in [1.82, 2.24) is 20.5 Å². The zero-order valence-corrected chi connectivity index (χ0v) is 27.3. The molecule has 2 aromatic rings. The molecule has 0 bridgehead atoms. The molecule has 1 aliphatic carbocycles. The van der Waals surface area contributed by atoms with Crippen molar-refractivity contribution < 1.29 is 33.8 Å². The summed E-state index contributed by atoms with van der Waals surface area (Å²) in [7, 11) is 3.74. The summed E-state index contributed by atoms with van der Waals surface area (Å²) < 4.78 is 11.9. The molecule has 2 heterocycles. The first-order chi connectivity index (χ1) is 20.9. The number of rotatable bonds is 9. The lowest BCUT2D eigenvalue weighted by atomic mass is 9.85. The number of ether oxygens (including phenoxy) is 2. The van der Waals surface area contributed by atoms with Crippen LogP contribution in [0.4, 0.5) is 10.6 Å². The fraction of sp³-hybridized carbons (Fsp3) is 0.545. The number of carbonyl (C=O) groups is 4. The molecule has 1 aromatic carbocycles. The SMILES string of the molecule is C=C[C@H]1CC1(NC(=O)[C@@H]1C[C@@H](Oc2cc(N(C)C)nc3ccccc23)CN1C(=O)[C@@H](NC(=O)OC(C)(C)C)C(C)(C)C)C(=O)O. The van der Waals surface area contributed by atoms with E-state index in [9.17, 15) is 24.3 Å². The van der Waals surface area contributed by atoms with Crippen molar-refractivity contribution in [2.75, 3.05) is 25.5 Å². The van der Waals surface area contributed by atoms with Crippen molar-refractivity contribution in [1.29, 1.82) is 0 Å². The molecule has 1 aromatic heterocycles. The molecule has 4 rings (SSSR count). The molecule has 3 amide bonds. The second-order valence-corrected chi connectivity index (χ2v) is 14.1. The van der Waals surface area contributed by atoms with E-state index in [1.807, 2.05) is 49.3 Å². The van der Waals surface area contributed by atoms with E-state index in [0.717, 1.165) is 10.9 Å². The van der Waals surface area contributed by atoms with Crippen LogP contribution in [0.5, 0.6) is 5.75 Å². The van der Waals surface area contributed by atoms with Crippen molar-refractivity contribution in [2.24, 2.45) is 11.3 Å². The number of fused-ring (bicyclic) bond motifs is 1. The van der Waals surface area contributed by atoms with Crippen LogP contribution < -0.4 is 20.3 Å². The van der Waals surface area contributed by atoms with Crippen molar-refractivity contribution in [3.05, 3.63) is 43.0 Å². The van der Waals surface area contributed by atoms with E-state index in [1.54, 1.807) is 41.5 Å². The second-order valence-electron chi connectivity index (χ2n) is 14.1. The van der Waals surface area contributed by atoms with Gasteiger partial charge in [-0.15, -0.1) is 6.58 Å². The van der Waals surface area contributed by atoms with E-state index >= 15 is 0 Å². The van der Waals surface area contributed by atoms with Gasteiger partial charge in [0.25, 0.3) is 0 Å². The number of pyridine rings is 1. The fourth-order valence-corrected chi connectivity index (χ4v) is 5.57. The predicted molar refractivity (Wildman–Crippen MR) is 170 cm³/mol. The van der Waals surface area contributed by atoms with Gasteiger partial charge in [-0.2, -0.15) is 0 Å². The Bertz CT molecular complexity index is 1490. The molecular weight excluding hydrogens is 578 g/mol. The van der Waals surface area contributed by atoms with E-state index in [2.05, 4.69) is 22.2 Å². The molecule has 5 atom stereocenters. The minimum absolute atomic E-state index is 0.0262. The molecule has 1 saturated carbocycles. The first kappa shape index (κ1) is 33.5. The Morgan fingerprint density at radius 2 is 1.82 bits per heavy atom. The van der Waals surface area contributed by atoms with Crippen LogP contribution >= 0.6 is 0 Å². The van der Waals surface area contributed by atoms with E-state index in [4.69, 9.17) is 9.47 Å². The molecule has 45 heavy (non-hydrogen) atoms. The number of likely N-dealkylation sites (tertiary alicyclic amines) is 1. The summed E-state index contributed by atoms with van der Waals surface area (Å²) in [5.41, 5.74) is -2.31. The minimum atomic E-state index is -1.48. The van der Waals surface area contributed by atoms with Gasteiger partial charge in [0.1, 0.15) is 40.9 Å². The largest absolute Gasteiger partial charge is 0.488 e. The zero-order chi connectivity index (χ0) is 33.5. The standard InChI is InChI=1S/C33H45N5O7/c1-10-19-17-33(19,29(41)42)36-27(39)23-15-20(44-24-16-25(37(8)9)34-22-14-12-11-13-21(22)24)18-38(23)28(40)26(31(2,3)4)35-30(43)45-32(5,6)7/h10-14,16,19-20,23,26H,1,15,17-18H2,2-9H3,(H,35,43)(H,36,39)(H,41,42)/t19-,20+,23-,26+,33?/m0/s1. The summed E-state index contributed by atoms with van der Waals surface area (Å²) in [5, 5.41) is 16.1. The minimum Gasteiger partial charge on any atom is -0.488 e. The first-order valence-corrected chi connectivity index (χ1v) is 15.1. The lowest BCUT2D eigenvalue weighted by molar-refractivity contribution is -0.146. The van der Waals surface area contributed by atoms with Gasteiger partial charge in [0.15, 0.2) is 0 Å². The predicted octanol–water partition coefficient (Wildman–Crippen LogP) is 3.73. The highest BCUT2D eigenvalue weighted by molar-refractivity contribution is 5.96. The van der Waals surface area contributed by atoms with Crippen molar-refractivity contribution in [3.63, 3.8) is 0 Å². The Labute approximate surface area is 264 Å².